The van der Waals surface area contributed by atoms with Gasteiger partial charge in [-0.25, -0.2) is 0 Å². The predicted molar refractivity (Wildman–Crippen MR) is 55.3 cm³/mol. The number of aliphatic hydroxyl groups excluding tert-OH is 1. The lowest BCUT2D eigenvalue weighted by molar-refractivity contribution is 0.284. The summed E-state index contributed by atoms with van der Waals surface area (Å²) in [6, 6.07) is 7.88. The van der Waals surface area contributed by atoms with Gasteiger partial charge in [0.25, 0.3) is 0 Å². The van der Waals surface area contributed by atoms with Gasteiger partial charge in [-0.1, -0.05) is 42.0 Å². The van der Waals surface area contributed by atoms with Crippen molar-refractivity contribution in [3.63, 3.8) is 0 Å². The van der Waals surface area contributed by atoms with E-state index in [4.69, 9.17) is 10.8 Å². The summed E-state index contributed by atoms with van der Waals surface area (Å²) in [4.78, 5) is 0. The summed E-state index contributed by atoms with van der Waals surface area (Å²) in [5, 5.41) is 8.68. The molecule has 3 N–H and O–H groups in total. The van der Waals surface area contributed by atoms with Gasteiger partial charge in [0.1, 0.15) is 0 Å². The topological polar surface area (TPSA) is 46.2 Å². The summed E-state index contributed by atoms with van der Waals surface area (Å²) in [5.74, 6) is 0. The van der Waals surface area contributed by atoms with Crippen LogP contribution in [0.3, 0.4) is 0 Å². The van der Waals surface area contributed by atoms with Crippen molar-refractivity contribution in [3.8, 4) is 0 Å². The van der Waals surface area contributed by atoms with Crippen LogP contribution in [0.15, 0.2) is 30.3 Å². The summed E-state index contributed by atoms with van der Waals surface area (Å²) in [6.07, 6.45) is 3.71. The van der Waals surface area contributed by atoms with E-state index in [0.717, 1.165) is 5.56 Å². The van der Waals surface area contributed by atoms with Crippen LogP contribution < -0.4 is 5.73 Å². The monoisotopic (exact) mass is 177 g/mol. The summed E-state index contributed by atoms with van der Waals surface area (Å²) >= 11 is 0. The lowest BCUT2D eigenvalue weighted by atomic mass is 10.1. The maximum absolute atomic E-state index is 8.68. The normalized spacial score (nSPS) is 13.5. The summed E-state index contributed by atoms with van der Waals surface area (Å²) < 4.78 is 0. The van der Waals surface area contributed by atoms with Crippen LogP contribution in [0.1, 0.15) is 11.1 Å². The second-order valence-electron chi connectivity index (χ2n) is 3.12. The average Bonchev–Trinajstić information content (AvgIpc) is 2.16. The standard InChI is InChI=1S/C11H15NO/c1-9-2-4-10(5-3-9)6-7-11(12)8-13/h2-7,11,13H,8,12H2,1H3/b7-6+. The van der Waals surface area contributed by atoms with Crippen molar-refractivity contribution < 1.29 is 5.11 Å². The van der Waals surface area contributed by atoms with Crippen molar-refractivity contribution in [2.75, 3.05) is 6.61 Å². The Balaban J connectivity index is 2.64. The molecule has 1 atom stereocenters. The molecule has 0 aromatic heterocycles. The van der Waals surface area contributed by atoms with Crippen LogP contribution in [0.25, 0.3) is 6.08 Å². The lowest BCUT2D eigenvalue weighted by Gasteiger charge is -1.99. The molecule has 0 aliphatic heterocycles. The van der Waals surface area contributed by atoms with Gasteiger partial charge >= 0.3 is 0 Å². The van der Waals surface area contributed by atoms with Gasteiger partial charge < -0.3 is 10.8 Å². The lowest BCUT2D eigenvalue weighted by Crippen LogP contribution is -2.20. The Bertz CT molecular complexity index is 277. The molecule has 0 aliphatic rings. The van der Waals surface area contributed by atoms with Gasteiger partial charge in [0.05, 0.1) is 6.61 Å². The van der Waals surface area contributed by atoms with Gasteiger partial charge in [-0.15, -0.1) is 0 Å². The summed E-state index contributed by atoms with van der Waals surface area (Å²) in [7, 11) is 0. The van der Waals surface area contributed by atoms with Crippen molar-refractivity contribution in [3.05, 3.63) is 41.5 Å². The van der Waals surface area contributed by atoms with E-state index in [1.165, 1.54) is 5.56 Å². The van der Waals surface area contributed by atoms with Gasteiger partial charge in [-0.05, 0) is 12.5 Å². The Kier molecular flexibility index (Phi) is 3.68. The molecular formula is C11H15NO. The van der Waals surface area contributed by atoms with Crippen molar-refractivity contribution in [1.82, 2.24) is 0 Å². The Morgan fingerprint density at radius 3 is 2.54 bits per heavy atom. The van der Waals surface area contributed by atoms with Crippen molar-refractivity contribution >= 4 is 6.08 Å². The molecule has 1 unspecified atom stereocenters. The number of aryl methyl sites for hydroxylation is 1. The highest BCUT2D eigenvalue weighted by Gasteiger charge is 1.92. The SMILES string of the molecule is Cc1ccc(/C=C/C(N)CO)cc1. The average molecular weight is 177 g/mol. The minimum atomic E-state index is -0.263. The molecule has 0 spiro atoms. The van der Waals surface area contributed by atoms with E-state index >= 15 is 0 Å². The predicted octanol–water partition coefficient (Wildman–Crippen LogP) is 1.33. The molecule has 0 saturated heterocycles. The molecule has 0 aliphatic carbocycles. The number of hydrogen-bond acceptors (Lipinski definition) is 2. The Morgan fingerprint density at radius 1 is 1.38 bits per heavy atom. The van der Waals surface area contributed by atoms with Crippen LogP contribution in [0, 0.1) is 6.92 Å². The second-order valence-corrected chi connectivity index (χ2v) is 3.12. The molecule has 1 rings (SSSR count). The number of rotatable bonds is 3. The molecule has 0 bridgehead atoms. The number of aliphatic hydroxyl groups is 1. The van der Waals surface area contributed by atoms with Crippen molar-refractivity contribution in [1.29, 1.82) is 0 Å². The minimum absolute atomic E-state index is 0.0115. The third-order valence-corrected chi connectivity index (χ3v) is 1.82. The fourth-order valence-corrected chi connectivity index (χ4v) is 0.973. The quantitative estimate of drug-likeness (QED) is 0.731. The molecule has 2 heteroatoms. The Labute approximate surface area is 78.7 Å². The highest BCUT2D eigenvalue weighted by Crippen LogP contribution is 2.04. The van der Waals surface area contributed by atoms with Crippen molar-refractivity contribution in [2.24, 2.45) is 5.73 Å². The van der Waals surface area contributed by atoms with Crippen LogP contribution in [-0.2, 0) is 0 Å². The van der Waals surface area contributed by atoms with E-state index in [1.54, 1.807) is 6.08 Å². The van der Waals surface area contributed by atoms with Gasteiger partial charge in [-0.3, -0.25) is 0 Å². The molecule has 0 radical (unpaired) electrons. The van der Waals surface area contributed by atoms with E-state index < -0.39 is 0 Å². The van der Waals surface area contributed by atoms with E-state index in [2.05, 4.69) is 0 Å². The summed E-state index contributed by atoms with van der Waals surface area (Å²) in [5.41, 5.74) is 7.86. The summed E-state index contributed by atoms with van der Waals surface area (Å²) in [6.45, 7) is 2.04. The van der Waals surface area contributed by atoms with Gasteiger partial charge in [0.2, 0.25) is 0 Å². The smallest absolute Gasteiger partial charge is 0.0618 e. The van der Waals surface area contributed by atoms with Crippen LogP contribution in [0.4, 0.5) is 0 Å². The maximum atomic E-state index is 8.68. The van der Waals surface area contributed by atoms with E-state index in [9.17, 15) is 0 Å². The number of benzene rings is 1. The van der Waals surface area contributed by atoms with E-state index in [1.807, 2.05) is 37.3 Å². The first kappa shape index (κ1) is 9.96. The highest BCUT2D eigenvalue weighted by molar-refractivity contribution is 5.50. The second kappa shape index (κ2) is 4.80. The molecule has 0 heterocycles. The van der Waals surface area contributed by atoms with Crippen LogP contribution >= 0.6 is 0 Å². The first-order chi connectivity index (χ1) is 6.22. The van der Waals surface area contributed by atoms with E-state index in [0.29, 0.717) is 0 Å². The zero-order chi connectivity index (χ0) is 9.68. The van der Waals surface area contributed by atoms with Gasteiger partial charge in [0.15, 0.2) is 0 Å². The minimum Gasteiger partial charge on any atom is -0.394 e. The fraction of sp³-hybridized carbons (Fsp3) is 0.273. The van der Waals surface area contributed by atoms with Gasteiger partial charge in [0, 0.05) is 6.04 Å². The Hall–Kier alpha value is -1.12. The number of nitrogens with two attached hydrogens (primary N) is 1. The zero-order valence-corrected chi connectivity index (χ0v) is 7.77. The molecule has 0 amide bonds. The molecule has 70 valence electrons. The maximum Gasteiger partial charge on any atom is 0.0618 e. The number of hydrogen-bond donors (Lipinski definition) is 2. The highest BCUT2D eigenvalue weighted by atomic mass is 16.3. The van der Waals surface area contributed by atoms with Gasteiger partial charge in [-0.2, -0.15) is 0 Å². The molecule has 13 heavy (non-hydrogen) atoms. The largest absolute Gasteiger partial charge is 0.394 e. The molecule has 1 aromatic carbocycles. The molecule has 0 fully saturated rings. The van der Waals surface area contributed by atoms with Crippen LogP contribution in [-0.4, -0.2) is 17.8 Å². The zero-order valence-electron chi connectivity index (χ0n) is 7.77. The fourth-order valence-electron chi connectivity index (χ4n) is 0.973. The molecule has 1 aromatic rings. The Morgan fingerprint density at radius 2 is 2.00 bits per heavy atom. The molecule has 2 nitrogen and oxygen atoms in total. The molecular weight excluding hydrogens is 162 g/mol. The third-order valence-electron chi connectivity index (χ3n) is 1.82. The third kappa shape index (κ3) is 3.40. The first-order valence-corrected chi connectivity index (χ1v) is 4.33. The van der Waals surface area contributed by atoms with Crippen LogP contribution in [0.5, 0.6) is 0 Å². The first-order valence-electron chi connectivity index (χ1n) is 4.33. The van der Waals surface area contributed by atoms with Crippen molar-refractivity contribution in [2.45, 2.75) is 13.0 Å². The molecule has 0 saturated carbocycles. The van der Waals surface area contributed by atoms with Crippen LogP contribution in [0.2, 0.25) is 0 Å². The van der Waals surface area contributed by atoms with E-state index in [-0.39, 0.29) is 12.6 Å².